The largest absolute Gasteiger partial charge is 0.364 e. The highest BCUT2D eigenvalue weighted by Gasteiger charge is 2.70. The fourth-order valence-corrected chi connectivity index (χ4v) is 14.2. The summed E-state index contributed by atoms with van der Waals surface area (Å²) in [6.07, 6.45) is 13.9. The van der Waals surface area contributed by atoms with E-state index in [1.165, 1.54) is 74.3 Å². The molecule has 0 spiro atoms. The summed E-state index contributed by atoms with van der Waals surface area (Å²) >= 11 is 0. The van der Waals surface area contributed by atoms with Crippen molar-refractivity contribution in [3.8, 4) is 0 Å². The third-order valence-electron chi connectivity index (χ3n) is 16.3. The predicted octanol–water partition coefficient (Wildman–Crippen LogP) is 7.89. The standard InChI is InChI=1S/C43H68N2O4S/c1-29(2)32-16-21-43(28-44-24-25-45(8)26-27-50(9,48)49)23-22-41(6)34(37(32)43)14-15-36-40(5)19-17-33(30-10-12-31(13-11-30)38(46)47)39(3,4)35(40)18-20-42(36,41)7/h10-13,17,32,34-38,44,46-47H,1,14-16,18-28H2,2-9H3. The van der Waals surface area contributed by atoms with Crippen molar-refractivity contribution in [3.05, 3.63) is 53.6 Å². The lowest BCUT2D eigenvalue weighted by Gasteiger charge is -2.72. The van der Waals surface area contributed by atoms with Crippen molar-refractivity contribution in [3.63, 3.8) is 0 Å². The highest BCUT2D eigenvalue weighted by atomic mass is 32.2. The molecule has 0 aliphatic heterocycles. The van der Waals surface area contributed by atoms with Crippen molar-refractivity contribution in [1.29, 1.82) is 0 Å². The summed E-state index contributed by atoms with van der Waals surface area (Å²) in [6.45, 7) is 23.4. The molecule has 0 aromatic heterocycles. The first-order valence-corrected chi connectivity index (χ1v) is 21.7. The van der Waals surface area contributed by atoms with Crippen LogP contribution >= 0.6 is 0 Å². The van der Waals surface area contributed by atoms with Crippen LogP contribution in [0.3, 0.4) is 0 Å². The molecule has 0 saturated heterocycles. The first-order valence-electron chi connectivity index (χ1n) is 19.7. The maximum Gasteiger partial charge on any atom is 0.178 e. The van der Waals surface area contributed by atoms with Gasteiger partial charge in [-0.15, -0.1) is 0 Å². The SMILES string of the molecule is C=C(C)C1CCC2(CNCCN(C)CCS(C)(=O)=O)CCC3(C)C(CCC4C5(C)CC=C(c6ccc(C(O)O)cc6)C(C)(C)C5CCC43C)C12. The van der Waals surface area contributed by atoms with Gasteiger partial charge in [0, 0.05) is 38.0 Å². The average Bonchev–Trinajstić information content (AvgIpc) is 3.42. The zero-order chi connectivity index (χ0) is 36.5. The smallest absolute Gasteiger partial charge is 0.178 e. The molecule has 3 N–H and O–H groups in total. The van der Waals surface area contributed by atoms with Gasteiger partial charge in [0.2, 0.25) is 0 Å². The fourth-order valence-electron chi connectivity index (χ4n) is 13.6. The van der Waals surface area contributed by atoms with Gasteiger partial charge in [0.05, 0.1) is 5.75 Å². The zero-order valence-electron chi connectivity index (χ0n) is 32.5. The first-order chi connectivity index (χ1) is 23.3. The van der Waals surface area contributed by atoms with E-state index in [0.717, 1.165) is 26.1 Å². The lowest BCUT2D eigenvalue weighted by Crippen LogP contribution is -2.65. The molecule has 0 heterocycles. The minimum absolute atomic E-state index is 0.0359. The number of sulfone groups is 1. The number of hydrogen-bond donors (Lipinski definition) is 3. The van der Waals surface area contributed by atoms with Gasteiger partial charge in [-0.2, -0.15) is 0 Å². The second kappa shape index (κ2) is 13.4. The van der Waals surface area contributed by atoms with Crippen molar-refractivity contribution >= 4 is 15.4 Å². The number of rotatable bonds is 11. The summed E-state index contributed by atoms with van der Waals surface area (Å²) in [5.74, 6) is 3.50. The molecule has 1 aromatic carbocycles. The Morgan fingerprint density at radius 2 is 1.64 bits per heavy atom. The van der Waals surface area contributed by atoms with Crippen molar-refractivity contribution < 1.29 is 18.6 Å². The van der Waals surface area contributed by atoms with Crippen molar-refractivity contribution in [2.75, 3.05) is 45.2 Å². The van der Waals surface area contributed by atoms with Crippen LogP contribution in [0.1, 0.15) is 117 Å². The summed E-state index contributed by atoms with van der Waals surface area (Å²) < 4.78 is 23.4. The summed E-state index contributed by atoms with van der Waals surface area (Å²) in [4.78, 5) is 2.15. The molecule has 0 bridgehead atoms. The average molecular weight is 709 g/mol. The number of allylic oxidation sites excluding steroid dienone is 3. The van der Waals surface area contributed by atoms with E-state index in [4.69, 9.17) is 0 Å². The Morgan fingerprint density at radius 3 is 2.28 bits per heavy atom. The normalized spacial score (nSPS) is 39.4. The van der Waals surface area contributed by atoms with E-state index in [1.54, 1.807) is 0 Å². The molecule has 6 rings (SSSR count). The van der Waals surface area contributed by atoms with Crippen LogP contribution in [0.5, 0.6) is 0 Å². The Balaban J connectivity index is 1.23. The summed E-state index contributed by atoms with van der Waals surface area (Å²) in [5.41, 5.74) is 5.77. The van der Waals surface area contributed by atoms with Crippen LogP contribution in [0.15, 0.2) is 42.5 Å². The Labute approximate surface area is 304 Å². The number of aliphatic hydroxyl groups is 2. The molecule has 5 aliphatic carbocycles. The molecule has 6 nitrogen and oxygen atoms in total. The van der Waals surface area contributed by atoms with E-state index in [0.29, 0.717) is 57.9 Å². The van der Waals surface area contributed by atoms with Gasteiger partial charge in [-0.1, -0.05) is 77.1 Å². The highest BCUT2D eigenvalue weighted by molar-refractivity contribution is 7.90. The Hall–Kier alpha value is -1.51. The maximum atomic E-state index is 11.7. The van der Waals surface area contributed by atoms with Crippen molar-refractivity contribution in [2.24, 2.45) is 56.7 Å². The van der Waals surface area contributed by atoms with E-state index in [9.17, 15) is 18.6 Å². The first kappa shape index (κ1) is 38.2. The van der Waals surface area contributed by atoms with Crippen LogP contribution < -0.4 is 5.32 Å². The van der Waals surface area contributed by atoms with Gasteiger partial charge in [0.1, 0.15) is 9.84 Å². The van der Waals surface area contributed by atoms with Gasteiger partial charge in [0.25, 0.3) is 0 Å². The summed E-state index contributed by atoms with van der Waals surface area (Å²) in [7, 11) is -0.912. The molecule has 280 valence electrons. The quantitative estimate of drug-likeness (QED) is 0.123. The lowest BCUT2D eigenvalue weighted by atomic mass is 9.32. The van der Waals surface area contributed by atoms with Gasteiger partial charge in [0.15, 0.2) is 6.29 Å². The van der Waals surface area contributed by atoms with Crippen LogP contribution in [-0.2, 0) is 9.84 Å². The number of likely N-dealkylation sites (N-methyl/N-ethyl adjacent to an activating group) is 1. The molecule has 9 atom stereocenters. The molecule has 9 unspecified atom stereocenters. The van der Waals surface area contributed by atoms with Crippen LogP contribution in [0.2, 0.25) is 0 Å². The predicted molar refractivity (Wildman–Crippen MR) is 206 cm³/mol. The third kappa shape index (κ3) is 6.31. The zero-order valence-corrected chi connectivity index (χ0v) is 33.3. The van der Waals surface area contributed by atoms with Gasteiger partial charge >= 0.3 is 0 Å². The van der Waals surface area contributed by atoms with Crippen LogP contribution in [-0.4, -0.2) is 68.8 Å². The topological polar surface area (TPSA) is 89.9 Å². The molecule has 1 aromatic rings. The number of aliphatic hydroxyl groups excluding tert-OH is 1. The molecular formula is C43H68N2O4S. The van der Waals surface area contributed by atoms with Gasteiger partial charge in [-0.3, -0.25) is 0 Å². The maximum absolute atomic E-state index is 11.7. The van der Waals surface area contributed by atoms with Gasteiger partial charge < -0.3 is 20.4 Å². The molecule has 4 saturated carbocycles. The molecule has 7 heteroatoms. The van der Waals surface area contributed by atoms with E-state index in [-0.39, 0.29) is 16.6 Å². The Morgan fingerprint density at radius 1 is 0.940 bits per heavy atom. The Bertz CT molecular complexity index is 1570. The minimum atomic E-state index is -2.95. The highest BCUT2D eigenvalue weighted by Crippen LogP contribution is 2.77. The Kier molecular flexibility index (Phi) is 10.3. The number of hydrogen-bond acceptors (Lipinski definition) is 6. The van der Waals surface area contributed by atoms with Crippen LogP contribution in [0.25, 0.3) is 5.57 Å². The van der Waals surface area contributed by atoms with E-state index in [2.05, 4.69) is 76.5 Å². The minimum Gasteiger partial charge on any atom is -0.364 e. The molecule has 0 radical (unpaired) electrons. The van der Waals surface area contributed by atoms with E-state index >= 15 is 0 Å². The monoisotopic (exact) mass is 708 g/mol. The van der Waals surface area contributed by atoms with Crippen molar-refractivity contribution in [1.82, 2.24) is 10.2 Å². The van der Waals surface area contributed by atoms with Crippen LogP contribution in [0, 0.1) is 56.7 Å². The molecular weight excluding hydrogens is 641 g/mol. The number of fused-ring (bicyclic) bond motifs is 7. The summed E-state index contributed by atoms with van der Waals surface area (Å²) in [5, 5.41) is 23.3. The summed E-state index contributed by atoms with van der Waals surface area (Å²) in [6, 6.07) is 7.91. The lowest BCUT2D eigenvalue weighted by molar-refractivity contribution is -0.225. The fraction of sp³-hybridized carbons (Fsp3) is 0.767. The third-order valence-corrected chi connectivity index (χ3v) is 17.3. The van der Waals surface area contributed by atoms with E-state index in [1.807, 2.05) is 19.2 Å². The van der Waals surface area contributed by atoms with E-state index < -0.39 is 16.1 Å². The van der Waals surface area contributed by atoms with Crippen LogP contribution in [0.4, 0.5) is 0 Å². The molecule has 4 fully saturated rings. The number of nitrogens with zero attached hydrogens (tertiary/aromatic N) is 1. The molecule has 5 aliphatic rings. The second-order valence-electron chi connectivity index (χ2n) is 19.2. The van der Waals surface area contributed by atoms with Crippen molar-refractivity contribution in [2.45, 2.75) is 106 Å². The number of nitrogens with one attached hydrogen (secondary N) is 1. The molecule has 0 amide bonds. The number of benzene rings is 1. The second-order valence-corrected chi connectivity index (χ2v) is 21.5. The molecule has 50 heavy (non-hydrogen) atoms. The van der Waals surface area contributed by atoms with Gasteiger partial charge in [-0.05, 0) is 140 Å². The van der Waals surface area contributed by atoms with Gasteiger partial charge in [-0.25, -0.2) is 8.42 Å².